The second-order valence-corrected chi connectivity index (χ2v) is 10.7. The highest BCUT2D eigenvalue weighted by Gasteiger charge is 2.33. The zero-order valence-corrected chi connectivity index (χ0v) is 22.8. The fourth-order valence-electron chi connectivity index (χ4n) is 4.94. The third-order valence-corrected chi connectivity index (χ3v) is 7.49. The van der Waals surface area contributed by atoms with E-state index >= 15 is 0 Å². The summed E-state index contributed by atoms with van der Waals surface area (Å²) >= 11 is 13.0. The summed E-state index contributed by atoms with van der Waals surface area (Å²) in [7, 11) is 0. The zero-order chi connectivity index (χ0) is 27.3. The SMILES string of the molecule is CC(C)C(=O)c1oc2nc(-c3ccc(-c4cc[nH]n4)cc3Cl)c(-c3ccc(Cl)cc3)cc2c1N1CCCC1=O. The Morgan fingerprint density at radius 2 is 1.79 bits per heavy atom. The van der Waals surface area contributed by atoms with Crippen LogP contribution in [0.25, 0.3) is 44.7 Å². The molecule has 196 valence electrons. The quantitative estimate of drug-likeness (QED) is 0.214. The van der Waals surface area contributed by atoms with E-state index in [1.807, 2.05) is 56.3 Å². The molecule has 7 nitrogen and oxygen atoms in total. The number of carbonyl (C=O) groups is 2. The van der Waals surface area contributed by atoms with Crippen LogP contribution in [0.1, 0.15) is 37.2 Å². The van der Waals surface area contributed by atoms with E-state index < -0.39 is 0 Å². The van der Waals surface area contributed by atoms with Crippen LogP contribution in [0.4, 0.5) is 5.69 Å². The van der Waals surface area contributed by atoms with Crippen LogP contribution in [0.3, 0.4) is 0 Å². The maximum atomic E-state index is 13.2. The Labute approximate surface area is 234 Å². The van der Waals surface area contributed by atoms with Gasteiger partial charge in [-0.15, -0.1) is 0 Å². The first-order valence-electron chi connectivity index (χ1n) is 12.7. The van der Waals surface area contributed by atoms with Gasteiger partial charge in [-0.1, -0.05) is 61.3 Å². The minimum atomic E-state index is -0.318. The molecule has 1 amide bonds. The number of rotatable bonds is 6. The van der Waals surface area contributed by atoms with Crippen molar-refractivity contribution < 1.29 is 14.0 Å². The molecule has 39 heavy (non-hydrogen) atoms. The molecule has 1 aliphatic rings. The van der Waals surface area contributed by atoms with Crippen LogP contribution in [0.2, 0.25) is 10.0 Å². The van der Waals surface area contributed by atoms with Crippen molar-refractivity contribution in [2.24, 2.45) is 5.92 Å². The molecule has 1 aliphatic heterocycles. The lowest BCUT2D eigenvalue weighted by molar-refractivity contribution is -0.117. The largest absolute Gasteiger partial charge is 0.432 e. The van der Waals surface area contributed by atoms with Gasteiger partial charge in [0, 0.05) is 46.8 Å². The molecule has 2 aromatic carbocycles. The number of nitrogens with one attached hydrogen (secondary N) is 1. The van der Waals surface area contributed by atoms with Gasteiger partial charge in [0.2, 0.25) is 17.4 Å². The molecule has 0 bridgehead atoms. The molecule has 0 saturated carbocycles. The summed E-state index contributed by atoms with van der Waals surface area (Å²) in [6.07, 6.45) is 2.89. The van der Waals surface area contributed by atoms with Gasteiger partial charge in [-0.25, -0.2) is 4.98 Å². The van der Waals surface area contributed by atoms with E-state index in [0.717, 1.165) is 22.4 Å². The number of furan rings is 1. The van der Waals surface area contributed by atoms with Gasteiger partial charge in [0.15, 0.2) is 5.76 Å². The smallest absolute Gasteiger partial charge is 0.229 e. The Hall–Kier alpha value is -3.94. The molecule has 1 saturated heterocycles. The second kappa shape index (κ2) is 9.98. The van der Waals surface area contributed by atoms with Gasteiger partial charge in [-0.2, -0.15) is 5.10 Å². The molecular formula is C30H24Cl2N4O3. The number of halogens is 2. The van der Waals surface area contributed by atoms with Crippen LogP contribution < -0.4 is 4.90 Å². The molecule has 3 aromatic heterocycles. The first kappa shape index (κ1) is 25.3. The average molecular weight is 559 g/mol. The summed E-state index contributed by atoms with van der Waals surface area (Å²) in [6, 6.07) is 16.9. The highest BCUT2D eigenvalue weighted by Crippen LogP contribution is 2.43. The zero-order valence-electron chi connectivity index (χ0n) is 21.3. The van der Waals surface area contributed by atoms with Crippen LogP contribution in [-0.4, -0.2) is 33.4 Å². The lowest BCUT2D eigenvalue weighted by Crippen LogP contribution is -2.25. The fraction of sp³-hybridized carbons (Fsp3) is 0.200. The van der Waals surface area contributed by atoms with E-state index in [4.69, 9.17) is 32.6 Å². The van der Waals surface area contributed by atoms with Gasteiger partial charge in [0.1, 0.15) is 5.69 Å². The Morgan fingerprint density at radius 1 is 1.03 bits per heavy atom. The minimum absolute atomic E-state index is 0.0374. The van der Waals surface area contributed by atoms with Crippen LogP contribution >= 0.6 is 23.2 Å². The number of carbonyl (C=O) groups excluding carboxylic acids is 2. The number of ketones is 1. The van der Waals surface area contributed by atoms with E-state index in [1.165, 1.54) is 0 Å². The Bertz CT molecular complexity index is 1720. The molecular weight excluding hydrogens is 535 g/mol. The topological polar surface area (TPSA) is 92.1 Å². The Kier molecular flexibility index (Phi) is 6.49. The van der Waals surface area contributed by atoms with E-state index in [-0.39, 0.29) is 29.1 Å². The third-order valence-electron chi connectivity index (χ3n) is 6.92. The molecule has 0 unspecified atom stereocenters. The molecule has 0 aliphatic carbocycles. The monoisotopic (exact) mass is 558 g/mol. The van der Waals surface area contributed by atoms with Crippen molar-refractivity contribution in [1.29, 1.82) is 0 Å². The first-order valence-corrected chi connectivity index (χ1v) is 13.5. The van der Waals surface area contributed by atoms with Crippen molar-refractivity contribution in [3.8, 4) is 33.6 Å². The fourth-order valence-corrected chi connectivity index (χ4v) is 5.33. The molecule has 0 spiro atoms. The van der Waals surface area contributed by atoms with Crippen molar-refractivity contribution in [1.82, 2.24) is 15.2 Å². The van der Waals surface area contributed by atoms with Crippen LogP contribution in [0, 0.1) is 5.92 Å². The number of hydrogen-bond acceptors (Lipinski definition) is 5. The highest BCUT2D eigenvalue weighted by molar-refractivity contribution is 6.34. The number of benzene rings is 2. The maximum absolute atomic E-state index is 13.2. The van der Waals surface area contributed by atoms with Crippen LogP contribution in [-0.2, 0) is 4.79 Å². The molecule has 9 heteroatoms. The van der Waals surface area contributed by atoms with Crippen LogP contribution in [0.15, 0.2) is 65.2 Å². The average Bonchev–Trinajstić information content (AvgIpc) is 3.68. The molecule has 1 N–H and O–H groups in total. The van der Waals surface area contributed by atoms with Gasteiger partial charge in [0.25, 0.3) is 0 Å². The lowest BCUT2D eigenvalue weighted by Gasteiger charge is -2.17. The van der Waals surface area contributed by atoms with Gasteiger partial charge in [0.05, 0.1) is 21.8 Å². The third kappa shape index (κ3) is 4.51. The summed E-state index contributed by atoms with van der Waals surface area (Å²) in [5.74, 6) is -0.383. The maximum Gasteiger partial charge on any atom is 0.229 e. The number of hydrogen-bond donors (Lipinski definition) is 1. The number of anilines is 1. The number of pyridine rings is 1. The van der Waals surface area contributed by atoms with E-state index in [2.05, 4.69) is 10.2 Å². The van der Waals surface area contributed by atoms with Crippen molar-refractivity contribution in [3.63, 3.8) is 0 Å². The molecule has 5 aromatic rings. The van der Waals surface area contributed by atoms with Crippen molar-refractivity contribution in [2.45, 2.75) is 26.7 Å². The predicted molar refractivity (Wildman–Crippen MR) is 153 cm³/mol. The summed E-state index contributed by atoms with van der Waals surface area (Å²) < 4.78 is 6.14. The number of aromatic amines is 1. The number of H-pyrrole nitrogens is 1. The molecule has 6 rings (SSSR count). The molecule has 1 fully saturated rings. The highest BCUT2D eigenvalue weighted by atomic mass is 35.5. The second-order valence-electron chi connectivity index (χ2n) is 9.85. The van der Waals surface area contributed by atoms with Crippen molar-refractivity contribution in [2.75, 3.05) is 11.4 Å². The predicted octanol–water partition coefficient (Wildman–Crippen LogP) is 7.82. The number of fused-ring (bicyclic) bond motifs is 1. The summed E-state index contributed by atoms with van der Waals surface area (Å²) in [4.78, 5) is 32.6. The van der Waals surface area contributed by atoms with E-state index in [1.54, 1.807) is 23.2 Å². The first-order chi connectivity index (χ1) is 18.8. The van der Waals surface area contributed by atoms with Gasteiger partial charge in [-0.3, -0.25) is 14.7 Å². The van der Waals surface area contributed by atoms with Crippen molar-refractivity contribution >= 4 is 51.7 Å². The molecule has 0 radical (unpaired) electrons. The standard InChI is InChI=1S/C30H24Cl2N4O3/c1-16(2)28(38)29-27(36-13-3-4-25(36)37)22-15-21(17-5-8-19(31)9-6-17)26(34-30(22)39-29)20-10-7-18(14-23(20)32)24-11-12-33-35-24/h5-12,14-16H,3-4,13H2,1-2H3,(H,33,35). The number of Topliss-reactive ketones (excluding diaryl/α,β-unsaturated/α-hetero) is 1. The summed E-state index contributed by atoms with van der Waals surface area (Å²) in [6.45, 7) is 4.14. The van der Waals surface area contributed by atoms with Gasteiger partial charge >= 0.3 is 0 Å². The molecule has 0 atom stereocenters. The summed E-state index contributed by atoms with van der Waals surface area (Å²) in [5, 5.41) is 8.75. The minimum Gasteiger partial charge on any atom is -0.432 e. The molecule has 4 heterocycles. The normalized spacial score (nSPS) is 13.7. The van der Waals surface area contributed by atoms with E-state index in [0.29, 0.717) is 51.8 Å². The Morgan fingerprint density at radius 3 is 2.44 bits per heavy atom. The summed E-state index contributed by atoms with van der Waals surface area (Å²) in [5.41, 5.74) is 5.28. The van der Waals surface area contributed by atoms with E-state index in [9.17, 15) is 9.59 Å². The number of aromatic nitrogens is 3. The number of nitrogens with zero attached hydrogens (tertiary/aromatic N) is 3. The van der Waals surface area contributed by atoms with Crippen LogP contribution in [0.5, 0.6) is 0 Å². The lowest BCUT2D eigenvalue weighted by atomic mass is 9.96. The van der Waals surface area contributed by atoms with Gasteiger partial charge < -0.3 is 9.32 Å². The Balaban J connectivity index is 1.62. The number of amides is 1. The van der Waals surface area contributed by atoms with Gasteiger partial charge in [-0.05, 0) is 42.3 Å². The van der Waals surface area contributed by atoms with Crippen molar-refractivity contribution in [3.05, 3.63) is 76.6 Å².